The monoisotopic (exact) mass is 431 g/mol. The van der Waals surface area contributed by atoms with Crippen molar-refractivity contribution in [2.75, 3.05) is 30.4 Å². The number of rotatable bonds is 4. The molecule has 0 bridgehead atoms. The van der Waals surface area contributed by atoms with Gasteiger partial charge in [-0.25, -0.2) is 9.97 Å². The Labute approximate surface area is 185 Å². The van der Waals surface area contributed by atoms with E-state index in [9.17, 15) is 4.79 Å². The van der Waals surface area contributed by atoms with Gasteiger partial charge in [0.05, 0.1) is 23.9 Å². The van der Waals surface area contributed by atoms with Gasteiger partial charge < -0.3 is 24.7 Å². The highest BCUT2D eigenvalue weighted by atomic mass is 16.5. The third-order valence-corrected chi connectivity index (χ3v) is 5.68. The van der Waals surface area contributed by atoms with Gasteiger partial charge in [0, 0.05) is 61.0 Å². The van der Waals surface area contributed by atoms with Crippen LogP contribution in [0.4, 0.5) is 11.4 Å². The van der Waals surface area contributed by atoms with Crippen LogP contribution in [0.3, 0.4) is 0 Å². The predicted octanol–water partition coefficient (Wildman–Crippen LogP) is 2.73. The van der Waals surface area contributed by atoms with Crippen molar-refractivity contribution >= 4 is 33.8 Å². The lowest BCUT2D eigenvalue weighted by atomic mass is 10.0. The molecule has 2 atom stereocenters. The van der Waals surface area contributed by atoms with Crippen LogP contribution in [0.1, 0.15) is 24.2 Å². The van der Waals surface area contributed by atoms with Crippen molar-refractivity contribution in [3.63, 3.8) is 0 Å². The second-order valence-electron chi connectivity index (χ2n) is 8.19. The predicted molar refractivity (Wildman–Crippen MR) is 124 cm³/mol. The normalized spacial score (nSPS) is 18.8. The maximum absolute atomic E-state index is 13.2. The Bertz CT molecular complexity index is 1290. The average Bonchev–Trinajstić information content (AvgIpc) is 3.25. The molecule has 1 aromatic carbocycles. The van der Waals surface area contributed by atoms with E-state index in [-0.39, 0.29) is 11.9 Å². The number of benzene rings is 1. The summed E-state index contributed by atoms with van der Waals surface area (Å²) in [4.78, 5) is 28.6. The number of ether oxygens (including phenoxy) is 1. The molecule has 4 aromatic rings. The van der Waals surface area contributed by atoms with Crippen LogP contribution in [0.15, 0.2) is 49.1 Å². The van der Waals surface area contributed by atoms with Crippen LogP contribution in [-0.2, 0) is 0 Å². The molecule has 0 saturated carbocycles. The summed E-state index contributed by atoms with van der Waals surface area (Å²) in [5.41, 5.74) is 3.53. The zero-order chi connectivity index (χ0) is 22.2. The first-order valence-electron chi connectivity index (χ1n) is 10.6. The van der Waals surface area contributed by atoms with Gasteiger partial charge in [0.2, 0.25) is 0 Å². The summed E-state index contributed by atoms with van der Waals surface area (Å²) in [5, 5.41) is 7.34. The minimum atomic E-state index is -0.246. The number of methoxy groups -OCH3 is 1. The van der Waals surface area contributed by atoms with E-state index in [2.05, 4.69) is 44.3 Å². The van der Waals surface area contributed by atoms with Crippen LogP contribution in [0.25, 0.3) is 16.6 Å². The largest absolute Gasteiger partial charge is 0.467 e. The van der Waals surface area contributed by atoms with Gasteiger partial charge in [-0.05, 0) is 38.1 Å². The summed E-state index contributed by atoms with van der Waals surface area (Å²) in [6.45, 7) is 6.07. The molecule has 0 unspecified atom stereocenters. The van der Waals surface area contributed by atoms with Crippen molar-refractivity contribution < 1.29 is 9.53 Å². The lowest BCUT2D eigenvalue weighted by Crippen LogP contribution is -2.54. The van der Waals surface area contributed by atoms with Gasteiger partial charge in [0.1, 0.15) is 5.65 Å². The number of pyridine rings is 1. The molecule has 1 fully saturated rings. The average molecular weight is 432 g/mol. The molecule has 1 aliphatic rings. The summed E-state index contributed by atoms with van der Waals surface area (Å²) < 4.78 is 7.10. The maximum Gasteiger partial charge on any atom is 0.316 e. The Kier molecular flexibility index (Phi) is 5.10. The fraction of sp³-hybridized carbons (Fsp3) is 0.304. The first-order valence-corrected chi connectivity index (χ1v) is 10.6. The molecule has 1 aliphatic heterocycles. The molecule has 3 aromatic heterocycles. The van der Waals surface area contributed by atoms with Crippen LogP contribution in [-0.4, -0.2) is 57.5 Å². The van der Waals surface area contributed by atoms with E-state index < -0.39 is 0 Å². The van der Waals surface area contributed by atoms with E-state index in [1.165, 1.54) is 7.11 Å². The molecule has 0 radical (unpaired) electrons. The zero-order valence-electron chi connectivity index (χ0n) is 18.2. The number of imidazole rings is 1. The van der Waals surface area contributed by atoms with Gasteiger partial charge in [-0.15, -0.1) is 0 Å². The summed E-state index contributed by atoms with van der Waals surface area (Å²) >= 11 is 0. The van der Waals surface area contributed by atoms with Gasteiger partial charge in [0.15, 0.2) is 0 Å². The number of carbonyl (C=O) groups is 1. The van der Waals surface area contributed by atoms with Crippen LogP contribution in [0.5, 0.6) is 6.01 Å². The Morgan fingerprint density at radius 2 is 1.97 bits per heavy atom. The highest BCUT2D eigenvalue weighted by molar-refractivity contribution is 6.13. The number of carbonyl (C=O) groups excluding carboxylic acids is 1. The summed E-state index contributed by atoms with van der Waals surface area (Å²) in [6.07, 6.45) is 7.12. The van der Waals surface area contributed by atoms with Gasteiger partial charge in [-0.1, -0.05) is 0 Å². The fourth-order valence-electron chi connectivity index (χ4n) is 4.36. The number of aromatic nitrogens is 4. The van der Waals surface area contributed by atoms with Crippen LogP contribution in [0, 0.1) is 0 Å². The summed E-state index contributed by atoms with van der Waals surface area (Å²) in [6, 6.07) is 8.43. The third-order valence-electron chi connectivity index (χ3n) is 5.68. The molecule has 164 valence electrons. The SMILES string of the molecule is COc1ncc2c(N3C[C@@H](C)N[C@@H](C)C3)ccc(C(=O)Nc3ccc4nccn4c3)c2n1. The smallest absolute Gasteiger partial charge is 0.316 e. The van der Waals surface area contributed by atoms with Gasteiger partial charge in [-0.2, -0.15) is 4.98 Å². The number of hydrogen-bond donors (Lipinski definition) is 2. The van der Waals surface area contributed by atoms with Gasteiger partial charge in [-0.3, -0.25) is 4.79 Å². The third kappa shape index (κ3) is 3.71. The van der Waals surface area contributed by atoms with Gasteiger partial charge >= 0.3 is 6.01 Å². The van der Waals surface area contributed by atoms with Crippen LogP contribution in [0.2, 0.25) is 0 Å². The van der Waals surface area contributed by atoms with E-state index in [4.69, 9.17) is 4.74 Å². The van der Waals surface area contributed by atoms with E-state index in [0.29, 0.717) is 28.9 Å². The first kappa shape index (κ1) is 20.2. The van der Waals surface area contributed by atoms with Crippen molar-refractivity contribution in [1.82, 2.24) is 24.7 Å². The Morgan fingerprint density at radius 1 is 1.16 bits per heavy atom. The Morgan fingerprint density at radius 3 is 2.75 bits per heavy atom. The number of nitrogens with one attached hydrogen (secondary N) is 2. The van der Waals surface area contributed by atoms with Crippen molar-refractivity contribution in [2.24, 2.45) is 0 Å². The van der Waals surface area contributed by atoms with Gasteiger partial charge in [0.25, 0.3) is 5.91 Å². The summed E-state index contributed by atoms with van der Waals surface area (Å²) in [5.74, 6) is -0.246. The molecule has 9 nitrogen and oxygen atoms in total. The minimum absolute atomic E-state index is 0.227. The van der Waals surface area contributed by atoms with Crippen molar-refractivity contribution in [3.8, 4) is 6.01 Å². The topological polar surface area (TPSA) is 96.7 Å². The number of amides is 1. The fourth-order valence-corrected chi connectivity index (χ4v) is 4.36. The molecule has 4 heterocycles. The number of anilines is 2. The molecule has 32 heavy (non-hydrogen) atoms. The highest BCUT2D eigenvalue weighted by Crippen LogP contribution is 2.31. The maximum atomic E-state index is 13.2. The van der Waals surface area contributed by atoms with Crippen molar-refractivity contribution in [2.45, 2.75) is 25.9 Å². The van der Waals surface area contributed by atoms with Crippen LogP contribution < -0.4 is 20.3 Å². The lowest BCUT2D eigenvalue weighted by Gasteiger charge is -2.38. The molecule has 0 aliphatic carbocycles. The van der Waals surface area contributed by atoms with Crippen molar-refractivity contribution in [1.29, 1.82) is 0 Å². The first-order chi connectivity index (χ1) is 15.5. The Balaban J connectivity index is 1.54. The number of fused-ring (bicyclic) bond motifs is 2. The Hall–Kier alpha value is -3.72. The molecule has 1 saturated heterocycles. The highest BCUT2D eigenvalue weighted by Gasteiger charge is 2.24. The van der Waals surface area contributed by atoms with E-state index >= 15 is 0 Å². The number of hydrogen-bond acceptors (Lipinski definition) is 7. The molecule has 5 rings (SSSR count). The molecule has 9 heteroatoms. The second-order valence-corrected chi connectivity index (χ2v) is 8.19. The molecule has 1 amide bonds. The van der Waals surface area contributed by atoms with E-state index in [1.54, 1.807) is 12.4 Å². The number of nitrogens with zero attached hydrogens (tertiary/aromatic N) is 5. The van der Waals surface area contributed by atoms with E-state index in [1.807, 2.05) is 41.1 Å². The number of piperazine rings is 1. The van der Waals surface area contributed by atoms with Crippen molar-refractivity contribution in [3.05, 3.63) is 54.6 Å². The lowest BCUT2D eigenvalue weighted by molar-refractivity contribution is 0.102. The van der Waals surface area contributed by atoms with E-state index in [0.717, 1.165) is 29.8 Å². The second kappa shape index (κ2) is 8.08. The quantitative estimate of drug-likeness (QED) is 0.513. The standard InChI is InChI=1S/C23H25N7O2/c1-14-11-30(12-15(2)26-14)19-6-5-17(21-18(19)10-25-23(28-21)32-3)22(31)27-16-4-7-20-24-8-9-29(20)13-16/h4-10,13-15,26H,11-12H2,1-3H3,(H,27,31)/t14-,15+. The molecular weight excluding hydrogens is 406 g/mol. The zero-order valence-corrected chi connectivity index (χ0v) is 18.2. The van der Waals surface area contributed by atoms with Crippen LogP contribution >= 0.6 is 0 Å². The molecular formula is C23H25N7O2. The minimum Gasteiger partial charge on any atom is -0.467 e. The summed E-state index contributed by atoms with van der Waals surface area (Å²) in [7, 11) is 1.52. The molecule has 0 spiro atoms. The molecule has 2 N–H and O–H groups in total.